The molecule has 1 aliphatic carbocycles. The molecule has 1 unspecified atom stereocenters. The molecule has 0 radical (unpaired) electrons. The number of halogens is 5. The predicted molar refractivity (Wildman–Crippen MR) is 94.8 cm³/mol. The monoisotopic (exact) mass is 400 g/mol. The zero-order valence-corrected chi connectivity index (χ0v) is 15.4. The molecule has 28 heavy (non-hydrogen) atoms. The van der Waals surface area contributed by atoms with Crippen LogP contribution in [0.15, 0.2) is 24.4 Å². The third-order valence-electron chi connectivity index (χ3n) is 5.23. The molecule has 1 N–H and O–H groups in total. The van der Waals surface area contributed by atoms with Gasteiger partial charge in [0.1, 0.15) is 5.52 Å². The average molecular weight is 400 g/mol. The smallest absolute Gasteiger partial charge is 0.346 e. The van der Waals surface area contributed by atoms with Crippen molar-refractivity contribution in [3.63, 3.8) is 0 Å². The van der Waals surface area contributed by atoms with Gasteiger partial charge < -0.3 is 5.32 Å². The van der Waals surface area contributed by atoms with Gasteiger partial charge in [0.05, 0.1) is 12.0 Å². The molecule has 1 aliphatic rings. The number of benzene rings is 1. The van der Waals surface area contributed by atoms with Crippen LogP contribution in [0, 0.1) is 17.6 Å². The first-order valence-corrected chi connectivity index (χ1v) is 9.19. The van der Waals surface area contributed by atoms with Gasteiger partial charge in [-0.05, 0) is 37.5 Å². The third-order valence-corrected chi connectivity index (χ3v) is 5.23. The van der Waals surface area contributed by atoms with Gasteiger partial charge >= 0.3 is 6.18 Å². The van der Waals surface area contributed by atoms with Gasteiger partial charge in [-0.1, -0.05) is 25.7 Å². The lowest BCUT2D eigenvalue weighted by Crippen LogP contribution is -2.49. The highest BCUT2D eigenvalue weighted by Gasteiger charge is 2.42. The van der Waals surface area contributed by atoms with Crippen LogP contribution in [0.5, 0.6) is 0 Å². The second kappa shape index (κ2) is 7.64. The van der Waals surface area contributed by atoms with Crippen molar-refractivity contribution in [2.75, 3.05) is 0 Å². The summed E-state index contributed by atoms with van der Waals surface area (Å²) in [5.74, 6) is -2.78. The van der Waals surface area contributed by atoms with E-state index in [9.17, 15) is 26.7 Å². The molecule has 1 aromatic heterocycles. The lowest BCUT2D eigenvalue weighted by Gasteiger charge is -2.34. The zero-order chi connectivity index (χ0) is 20.5. The molecule has 1 heterocycles. The highest BCUT2D eigenvalue weighted by molar-refractivity contribution is 5.97. The molecule has 2 aromatic rings. The summed E-state index contributed by atoms with van der Waals surface area (Å²) in [6, 6.07) is 3.48. The Morgan fingerprint density at radius 3 is 2.54 bits per heavy atom. The molecule has 8 heteroatoms. The molecular weight excluding hydrogens is 379 g/mol. The topological polar surface area (TPSA) is 42.0 Å². The zero-order valence-electron chi connectivity index (χ0n) is 15.4. The lowest BCUT2D eigenvalue weighted by molar-refractivity contribution is -0.149. The Morgan fingerprint density at radius 2 is 1.89 bits per heavy atom. The average Bonchev–Trinajstić information content (AvgIpc) is 3.08. The lowest BCUT2D eigenvalue weighted by atomic mass is 9.84. The van der Waals surface area contributed by atoms with Crippen molar-refractivity contribution < 1.29 is 26.7 Å². The largest absolute Gasteiger partial charge is 0.391 e. The number of alkyl halides is 3. The third kappa shape index (κ3) is 4.77. The fraction of sp³-hybridized carbons (Fsp3) is 0.500. The molecule has 0 spiro atoms. The first-order chi connectivity index (χ1) is 13.1. The summed E-state index contributed by atoms with van der Waals surface area (Å²) < 4.78 is 66.4. The van der Waals surface area contributed by atoms with Gasteiger partial charge in [-0.2, -0.15) is 13.2 Å². The Labute approximate surface area is 159 Å². The highest BCUT2D eigenvalue weighted by atomic mass is 19.4. The van der Waals surface area contributed by atoms with Crippen molar-refractivity contribution in [2.24, 2.45) is 5.92 Å². The van der Waals surface area contributed by atoms with E-state index in [4.69, 9.17) is 0 Å². The van der Waals surface area contributed by atoms with Gasteiger partial charge in [0.25, 0.3) is 5.91 Å². The maximum atomic E-state index is 13.8. The number of carbonyl (C=O) groups excluding carboxylic acids is 1. The summed E-state index contributed by atoms with van der Waals surface area (Å²) in [6.45, 7) is 1.40. The maximum absolute atomic E-state index is 13.8. The van der Waals surface area contributed by atoms with Crippen molar-refractivity contribution in [3.8, 4) is 0 Å². The van der Waals surface area contributed by atoms with Crippen LogP contribution in [-0.4, -0.2) is 22.6 Å². The number of hydrogen-bond acceptors (Lipinski definition) is 2. The summed E-state index contributed by atoms with van der Waals surface area (Å²) in [5.41, 5.74) is -1.69. The second-order valence-electron chi connectivity index (χ2n) is 7.82. The molecule has 1 amide bonds. The molecule has 0 bridgehead atoms. The van der Waals surface area contributed by atoms with Crippen molar-refractivity contribution in [2.45, 2.75) is 57.2 Å². The molecular formula is C20H21F5N2O. The first kappa shape index (κ1) is 20.5. The number of amides is 1. The summed E-state index contributed by atoms with van der Waals surface area (Å²) in [4.78, 5) is 16.4. The fourth-order valence-corrected chi connectivity index (χ4v) is 4.07. The van der Waals surface area contributed by atoms with E-state index in [1.54, 1.807) is 0 Å². The number of hydrogen-bond donors (Lipinski definition) is 1. The molecule has 0 saturated heterocycles. The van der Waals surface area contributed by atoms with Crippen LogP contribution in [-0.2, 0) is 0 Å². The molecule has 0 aliphatic heterocycles. The van der Waals surface area contributed by atoms with E-state index in [2.05, 4.69) is 10.3 Å². The highest BCUT2D eigenvalue weighted by Crippen LogP contribution is 2.37. The minimum Gasteiger partial charge on any atom is -0.346 e. The van der Waals surface area contributed by atoms with E-state index >= 15 is 0 Å². The maximum Gasteiger partial charge on any atom is 0.391 e. The molecule has 3 nitrogen and oxygen atoms in total. The normalized spacial score (nSPS) is 17.6. The summed E-state index contributed by atoms with van der Waals surface area (Å²) >= 11 is 0. The van der Waals surface area contributed by atoms with Gasteiger partial charge in [0.15, 0.2) is 11.6 Å². The van der Waals surface area contributed by atoms with Crippen LogP contribution < -0.4 is 5.32 Å². The minimum atomic E-state index is -4.43. The van der Waals surface area contributed by atoms with Gasteiger partial charge in [-0.15, -0.1) is 0 Å². The van der Waals surface area contributed by atoms with E-state index in [1.807, 2.05) is 0 Å². The molecule has 1 aromatic carbocycles. The fourth-order valence-electron chi connectivity index (χ4n) is 4.07. The van der Waals surface area contributed by atoms with Crippen molar-refractivity contribution >= 4 is 16.8 Å². The molecule has 1 atom stereocenters. The number of nitrogens with zero attached hydrogens (tertiary/aromatic N) is 1. The molecule has 3 rings (SSSR count). The number of pyridine rings is 1. The van der Waals surface area contributed by atoms with Crippen molar-refractivity contribution in [1.29, 1.82) is 0 Å². The Bertz CT molecular complexity index is 877. The van der Waals surface area contributed by atoms with Crippen LogP contribution in [0.3, 0.4) is 0 Å². The van der Waals surface area contributed by atoms with Crippen LogP contribution >= 0.6 is 0 Å². The van der Waals surface area contributed by atoms with Crippen LogP contribution in [0.4, 0.5) is 22.0 Å². The number of fused-ring (bicyclic) bond motifs is 1. The summed E-state index contributed by atoms with van der Waals surface area (Å²) in [5, 5.41) is 2.71. The summed E-state index contributed by atoms with van der Waals surface area (Å²) in [6.07, 6.45) is -0.610. The Balaban J connectivity index is 1.84. The minimum absolute atomic E-state index is 0.00155. The Hall–Kier alpha value is -2.25. The SMILES string of the molecule is CC(CC1CCCC1)(CC(F)(F)F)NC(=O)c1cnc2c(F)c(F)ccc2c1. The van der Waals surface area contributed by atoms with Crippen molar-refractivity contribution in [1.82, 2.24) is 10.3 Å². The van der Waals surface area contributed by atoms with Crippen LogP contribution in [0.1, 0.15) is 55.8 Å². The first-order valence-electron chi connectivity index (χ1n) is 9.19. The molecule has 1 saturated carbocycles. The number of rotatable bonds is 5. The number of aromatic nitrogens is 1. The van der Waals surface area contributed by atoms with E-state index in [1.165, 1.54) is 19.1 Å². The number of nitrogens with one attached hydrogen (secondary N) is 1. The predicted octanol–water partition coefficient (Wildman–Crippen LogP) is 5.53. The molecule has 152 valence electrons. The quantitative estimate of drug-likeness (QED) is 0.670. The van der Waals surface area contributed by atoms with E-state index in [0.29, 0.717) is 0 Å². The van der Waals surface area contributed by atoms with Crippen LogP contribution in [0.2, 0.25) is 0 Å². The van der Waals surface area contributed by atoms with Crippen LogP contribution in [0.25, 0.3) is 10.9 Å². The van der Waals surface area contributed by atoms with Gasteiger partial charge in [-0.25, -0.2) is 8.78 Å². The van der Waals surface area contributed by atoms with Gasteiger partial charge in [0, 0.05) is 17.1 Å². The van der Waals surface area contributed by atoms with Gasteiger partial charge in [-0.3, -0.25) is 9.78 Å². The number of carbonyl (C=O) groups is 1. The summed E-state index contributed by atoms with van der Waals surface area (Å²) in [7, 11) is 0. The van der Waals surface area contributed by atoms with E-state index in [0.717, 1.165) is 37.9 Å². The molecule has 1 fully saturated rings. The van der Waals surface area contributed by atoms with E-state index < -0.39 is 35.7 Å². The van der Waals surface area contributed by atoms with Crippen molar-refractivity contribution in [3.05, 3.63) is 41.6 Å². The van der Waals surface area contributed by atoms with Gasteiger partial charge in [0.2, 0.25) is 0 Å². The second-order valence-corrected chi connectivity index (χ2v) is 7.82. The Morgan fingerprint density at radius 1 is 1.21 bits per heavy atom. The van der Waals surface area contributed by atoms with E-state index in [-0.39, 0.29) is 28.8 Å². The Kier molecular flexibility index (Phi) is 5.59. The standard InChI is InChI=1S/C20H21F5N2O/c1-19(11-20(23,24)25,9-12-4-2-3-5-12)27-18(28)14-8-13-6-7-15(21)16(22)17(13)26-10-14/h6-8,10,12H,2-5,9,11H2,1H3,(H,27,28).